The Labute approximate surface area is 53.3 Å². The van der Waals surface area contributed by atoms with Crippen molar-refractivity contribution in [3.8, 4) is 0 Å². The van der Waals surface area contributed by atoms with E-state index in [0.717, 1.165) is 5.56 Å². The summed E-state index contributed by atoms with van der Waals surface area (Å²) >= 11 is 0. The maximum Gasteiger partial charge on any atom is 0.0847 e. The van der Waals surface area contributed by atoms with Gasteiger partial charge in [-0.05, 0) is 17.7 Å². The SMILES string of the molecule is N=NCc1ccncc1. The van der Waals surface area contributed by atoms with Crippen molar-refractivity contribution in [2.75, 3.05) is 0 Å². The van der Waals surface area contributed by atoms with Crippen LogP contribution in [-0.2, 0) is 6.54 Å². The number of hydrogen-bond donors (Lipinski definition) is 1. The molecule has 0 aliphatic rings. The van der Waals surface area contributed by atoms with Crippen LogP contribution in [0, 0.1) is 5.53 Å². The van der Waals surface area contributed by atoms with Crippen molar-refractivity contribution in [2.45, 2.75) is 6.54 Å². The molecule has 3 nitrogen and oxygen atoms in total. The Balaban J connectivity index is 2.72. The average molecular weight is 121 g/mol. The summed E-state index contributed by atoms with van der Waals surface area (Å²) in [6, 6.07) is 3.69. The van der Waals surface area contributed by atoms with Crippen molar-refractivity contribution in [1.82, 2.24) is 4.98 Å². The van der Waals surface area contributed by atoms with Crippen LogP contribution >= 0.6 is 0 Å². The third-order valence-corrected chi connectivity index (χ3v) is 1.01. The van der Waals surface area contributed by atoms with Crippen molar-refractivity contribution < 1.29 is 0 Å². The largest absolute Gasteiger partial charge is 0.265 e. The Kier molecular flexibility index (Phi) is 1.90. The van der Waals surface area contributed by atoms with Gasteiger partial charge in [0.25, 0.3) is 0 Å². The predicted octanol–water partition coefficient (Wildman–Crippen LogP) is 1.61. The highest BCUT2D eigenvalue weighted by Crippen LogP contribution is 1.96. The molecule has 1 aromatic rings. The van der Waals surface area contributed by atoms with Gasteiger partial charge in [0, 0.05) is 12.4 Å². The summed E-state index contributed by atoms with van der Waals surface area (Å²) in [4.78, 5) is 3.82. The number of hydrogen-bond acceptors (Lipinski definition) is 3. The molecular weight excluding hydrogens is 114 g/mol. The van der Waals surface area contributed by atoms with E-state index in [0.29, 0.717) is 6.54 Å². The summed E-state index contributed by atoms with van der Waals surface area (Å²) in [5, 5.41) is 3.23. The minimum absolute atomic E-state index is 0.461. The molecule has 46 valence electrons. The van der Waals surface area contributed by atoms with E-state index >= 15 is 0 Å². The van der Waals surface area contributed by atoms with Crippen LogP contribution in [0.3, 0.4) is 0 Å². The molecule has 0 amide bonds. The molecule has 0 saturated carbocycles. The lowest BCUT2D eigenvalue weighted by Crippen LogP contribution is -1.78. The van der Waals surface area contributed by atoms with E-state index in [9.17, 15) is 0 Å². The molecule has 0 aromatic carbocycles. The molecule has 0 unspecified atom stereocenters. The van der Waals surface area contributed by atoms with Crippen LogP contribution in [0.1, 0.15) is 5.56 Å². The maximum absolute atomic E-state index is 6.54. The lowest BCUT2D eigenvalue weighted by molar-refractivity contribution is 0.905. The fourth-order valence-corrected chi connectivity index (χ4v) is 0.579. The molecule has 0 aliphatic heterocycles. The number of aromatic nitrogens is 1. The molecule has 3 heteroatoms. The fourth-order valence-electron chi connectivity index (χ4n) is 0.579. The van der Waals surface area contributed by atoms with Gasteiger partial charge >= 0.3 is 0 Å². The fraction of sp³-hybridized carbons (Fsp3) is 0.167. The summed E-state index contributed by atoms with van der Waals surface area (Å²) in [6.45, 7) is 0.461. The topological polar surface area (TPSA) is 49.1 Å². The maximum atomic E-state index is 6.54. The van der Waals surface area contributed by atoms with Crippen LogP contribution in [0.25, 0.3) is 0 Å². The van der Waals surface area contributed by atoms with Crippen LogP contribution in [0.2, 0.25) is 0 Å². The molecule has 1 aromatic heterocycles. The second kappa shape index (κ2) is 2.91. The monoisotopic (exact) mass is 121 g/mol. The lowest BCUT2D eigenvalue weighted by atomic mass is 10.3. The molecule has 0 aliphatic carbocycles. The molecule has 0 saturated heterocycles. The Bertz CT molecular complexity index is 183. The van der Waals surface area contributed by atoms with Gasteiger partial charge in [-0.3, -0.25) is 4.98 Å². The second-order valence-electron chi connectivity index (χ2n) is 1.67. The van der Waals surface area contributed by atoms with Gasteiger partial charge in [-0.15, -0.1) is 0 Å². The van der Waals surface area contributed by atoms with Gasteiger partial charge in [0.1, 0.15) is 0 Å². The van der Waals surface area contributed by atoms with E-state index in [4.69, 9.17) is 5.53 Å². The number of nitrogens with one attached hydrogen (secondary N) is 1. The van der Waals surface area contributed by atoms with Gasteiger partial charge in [0.2, 0.25) is 0 Å². The summed E-state index contributed by atoms with van der Waals surface area (Å²) < 4.78 is 0. The number of rotatable bonds is 2. The number of pyridine rings is 1. The van der Waals surface area contributed by atoms with Gasteiger partial charge in [-0.1, -0.05) is 0 Å². The van der Waals surface area contributed by atoms with Crippen LogP contribution < -0.4 is 0 Å². The zero-order chi connectivity index (χ0) is 6.53. The second-order valence-corrected chi connectivity index (χ2v) is 1.67. The lowest BCUT2D eigenvalue weighted by Gasteiger charge is -1.89. The molecule has 1 rings (SSSR count). The number of nitrogens with zero attached hydrogens (tertiary/aromatic N) is 2. The van der Waals surface area contributed by atoms with Crippen LogP contribution in [0.4, 0.5) is 0 Å². The summed E-state index contributed by atoms with van der Waals surface area (Å²) in [5.74, 6) is 0. The Hall–Kier alpha value is -1.25. The highest BCUT2D eigenvalue weighted by Gasteiger charge is 1.84. The summed E-state index contributed by atoms with van der Waals surface area (Å²) in [5.41, 5.74) is 7.57. The summed E-state index contributed by atoms with van der Waals surface area (Å²) in [7, 11) is 0. The van der Waals surface area contributed by atoms with Crippen molar-refractivity contribution >= 4 is 0 Å². The van der Waals surface area contributed by atoms with E-state index < -0.39 is 0 Å². The van der Waals surface area contributed by atoms with Crippen molar-refractivity contribution in [3.05, 3.63) is 30.1 Å². The van der Waals surface area contributed by atoms with E-state index in [1.165, 1.54) is 0 Å². The first kappa shape index (κ1) is 5.88. The molecular formula is C6H7N3. The van der Waals surface area contributed by atoms with Crippen molar-refractivity contribution in [2.24, 2.45) is 5.11 Å². The Morgan fingerprint density at radius 2 is 2.11 bits per heavy atom. The molecule has 0 radical (unpaired) electrons. The van der Waals surface area contributed by atoms with Gasteiger partial charge in [-0.2, -0.15) is 5.11 Å². The average Bonchev–Trinajstić information content (AvgIpc) is 1.91. The molecule has 0 atom stereocenters. The molecule has 0 bridgehead atoms. The van der Waals surface area contributed by atoms with Crippen molar-refractivity contribution in [3.63, 3.8) is 0 Å². The van der Waals surface area contributed by atoms with E-state index in [1.54, 1.807) is 12.4 Å². The molecule has 0 spiro atoms. The Morgan fingerprint density at radius 3 is 2.67 bits per heavy atom. The minimum atomic E-state index is 0.461. The normalized spacial score (nSPS) is 8.89. The predicted molar refractivity (Wildman–Crippen MR) is 33.1 cm³/mol. The van der Waals surface area contributed by atoms with Gasteiger partial charge < -0.3 is 0 Å². The highest BCUT2D eigenvalue weighted by molar-refractivity contribution is 5.08. The first-order valence-corrected chi connectivity index (χ1v) is 2.65. The Morgan fingerprint density at radius 1 is 1.44 bits per heavy atom. The third kappa shape index (κ3) is 1.60. The molecule has 1 N–H and O–H groups in total. The van der Waals surface area contributed by atoms with E-state index in [-0.39, 0.29) is 0 Å². The molecule has 9 heavy (non-hydrogen) atoms. The minimum Gasteiger partial charge on any atom is -0.265 e. The zero-order valence-electron chi connectivity index (χ0n) is 4.91. The quantitative estimate of drug-likeness (QED) is 0.594. The van der Waals surface area contributed by atoms with E-state index in [2.05, 4.69) is 10.1 Å². The third-order valence-electron chi connectivity index (χ3n) is 1.01. The highest BCUT2D eigenvalue weighted by atomic mass is 14.9. The van der Waals surface area contributed by atoms with Crippen LogP contribution in [-0.4, -0.2) is 4.98 Å². The van der Waals surface area contributed by atoms with Gasteiger partial charge in [-0.25, -0.2) is 5.53 Å². The zero-order valence-corrected chi connectivity index (χ0v) is 4.91. The van der Waals surface area contributed by atoms with E-state index in [1.807, 2.05) is 12.1 Å². The summed E-state index contributed by atoms with van der Waals surface area (Å²) in [6.07, 6.45) is 3.39. The first-order valence-electron chi connectivity index (χ1n) is 2.65. The molecule has 0 fully saturated rings. The first-order chi connectivity index (χ1) is 4.43. The van der Waals surface area contributed by atoms with Crippen molar-refractivity contribution in [1.29, 1.82) is 5.53 Å². The standard InChI is InChI=1S/C6H7N3/c7-9-5-6-1-3-8-4-2-6/h1-4,7H,5H2. The molecule has 1 heterocycles. The van der Waals surface area contributed by atoms with Gasteiger partial charge in [0.05, 0.1) is 6.54 Å². The van der Waals surface area contributed by atoms with Crippen LogP contribution in [0.15, 0.2) is 29.6 Å². The van der Waals surface area contributed by atoms with Crippen LogP contribution in [0.5, 0.6) is 0 Å². The van der Waals surface area contributed by atoms with Gasteiger partial charge in [0.15, 0.2) is 0 Å². The smallest absolute Gasteiger partial charge is 0.0847 e.